The van der Waals surface area contributed by atoms with E-state index < -0.39 is 0 Å². The predicted octanol–water partition coefficient (Wildman–Crippen LogP) is 3.68. The van der Waals surface area contributed by atoms with E-state index in [2.05, 4.69) is 45.8 Å². The van der Waals surface area contributed by atoms with Crippen LogP contribution in [0, 0.1) is 5.92 Å². The molecule has 1 heteroatoms. The van der Waals surface area contributed by atoms with Crippen LogP contribution in [0.1, 0.15) is 53.9 Å². The van der Waals surface area contributed by atoms with Crippen LogP contribution in [0.4, 0.5) is 0 Å². The third kappa shape index (κ3) is 7.77. The van der Waals surface area contributed by atoms with Gasteiger partial charge >= 0.3 is 0 Å². The second-order valence-electron chi connectivity index (χ2n) is 4.57. The summed E-state index contributed by atoms with van der Waals surface area (Å²) in [5, 5.41) is 0. The molecule has 0 aliphatic carbocycles. The van der Waals surface area contributed by atoms with Crippen molar-refractivity contribution in [3.8, 4) is 0 Å². The van der Waals surface area contributed by atoms with Crippen LogP contribution in [0.5, 0.6) is 0 Å². The van der Waals surface area contributed by atoms with Gasteiger partial charge in [-0.3, -0.25) is 4.99 Å². The molecule has 72 valence electrons. The Morgan fingerprint density at radius 2 is 1.92 bits per heavy atom. The van der Waals surface area contributed by atoms with Crippen molar-refractivity contribution in [2.45, 2.75) is 59.4 Å². The Labute approximate surface area is 77.3 Å². The monoisotopic (exact) mass is 169 g/mol. The Balaban J connectivity index is 3.68. The summed E-state index contributed by atoms with van der Waals surface area (Å²) in [4.78, 5) is 4.48. The van der Waals surface area contributed by atoms with E-state index in [1.54, 1.807) is 0 Å². The first-order chi connectivity index (χ1) is 5.45. The SMILES string of the molecule is CCCCC(C)C=NC(C)(C)C. The van der Waals surface area contributed by atoms with Crippen molar-refractivity contribution in [3.05, 3.63) is 0 Å². The first-order valence-corrected chi connectivity index (χ1v) is 5.01. The molecular weight excluding hydrogens is 146 g/mol. The summed E-state index contributed by atoms with van der Waals surface area (Å²) in [5.41, 5.74) is 0.0977. The van der Waals surface area contributed by atoms with E-state index in [1.807, 2.05) is 0 Å². The van der Waals surface area contributed by atoms with Gasteiger partial charge in [0.05, 0.1) is 5.54 Å². The lowest BCUT2D eigenvalue weighted by atomic mass is 10.0. The van der Waals surface area contributed by atoms with Crippen LogP contribution in [-0.2, 0) is 0 Å². The fraction of sp³-hybridized carbons (Fsp3) is 0.909. The molecule has 0 aliphatic rings. The molecule has 0 aliphatic heterocycles. The summed E-state index contributed by atoms with van der Waals surface area (Å²) in [5.74, 6) is 0.643. The maximum absolute atomic E-state index is 4.48. The zero-order valence-electron chi connectivity index (χ0n) is 9.22. The van der Waals surface area contributed by atoms with Crippen molar-refractivity contribution in [1.29, 1.82) is 0 Å². The summed E-state index contributed by atoms with van der Waals surface area (Å²) < 4.78 is 0. The Morgan fingerprint density at radius 1 is 1.33 bits per heavy atom. The fourth-order valence-corrected chi connectivity index (χ4v) is 0.951. The van der Waals surface area contributed by atoms with E-state index >= 15 is 0 Å². The summed E-state index contributed by atoms with van der Waals surface area (Å²) >= 11 is 0. The molecule has 12 heavy (non-hydrogen) atoms. The quantitative estimate of drug-likeness (QED) is 0.569. The lowest BCUT2D eigenvalue weighted by Gasteiger charge is -2.13. The van der Waals surface area contributed by atoms with E-state index in [0.29, 0.717) is 5.92 Å². The van der Waals surface area contributed by atoms with E-state index in [-0.39, 0.29) is 5.54 Å². The van der Waals surface area contributed by atoms with E-state index in [4.69, 9.17) is 0 Å². The van der Waals surface area contributed by atoms with Crippen molar-refractivity contribution in [3.63, 3.8) is 0 Å². The largest absolute Gasteiger partial charge is 0.291 e. The van der Waals surface area contributed by atoms with Gasteiger partial charge in [0.25, 0.3) is 0 Å². The van der Waals surface area contributed by atoms with Crippen LogP contribution in [0.2, 0.25) is 0 Å². The van der Waals surface area contributed by atoms with Gasteiger partial charge in [-0.05, 0) is 33.1 Å². The van der Waals surface area contributed by atoms with Gasteiger partial charge in [-0.15, -0.1) is 0 Å². The van der Waals surface area contributed by atoms with Crippen molar-refractivity contribution in [1.82, 2.24) is 0 Å². The molecule has 0 radical (unpaired) electrons. The van der Waals surface area contributed by atoms with Gasteiger partial charge in [0, 0.05) is 6.21 Å². The van der Waals surface area contributed by atoms with E-state index in [9.17, 15) is 0 Å². The first-order valence-electron chi connectivity index (χ1n) is 5.01. The molecule has 0 saturated heterocycles. The van der Waals surface area contributed by atoms with Crippen LogP contribution in [0.25, 0.3) is 0 Å². The van der Waals surface area contributed by atoms with Gasteiger partial charge in [0.1, 0.15) is 0 Å². The molecular formula is C11H23N. The van der Waals surface area contributed by atoms with Crippen LogP contribution >= 0.6 is 0 Å². The fourth-order valence-electron chi connectivity index (χ4n) is 0.951. The van der Waals surface area contributed by atoms with Gasteiger partial charge < -0.3 is 0 Å². The number of hydrogen-bond donors (Lipinski definition) is 0. The average molecular weight is 169 g/mol. The number of nitrogens with zero attached hydrogens (tertiary/aromatic N) is 1. The Morgan fingerprint density at radius 3 is 2.33 bits per heavy atom. The van der Waals surface area contributed by atoms with Crippen molar-refractivity contribution >= 4 is 6.21 Å². The zero-order valence-corrected chi connectivity index (χ0v) is 9.22. The minimum absolute atomic E-state index is 0.0977. The predicted molar refractivity (Wildman–Crippen MR) is 56.9 cm³/mol. The first kappa shape index (κ1) is 11.7. The van der Waals surface area contributed by atoms with E-state index in [1.165, 1.54) is 19.3 Å². The summed E-state index contributed by atoms with van der Waals surface area (Å²) in [6.07, 6.45) is 5.98. The molecule has 0 amide bonds. The van der Waals surface area contributed by atoms with Gasteiger partial charge in [-0.1, -0.05) is 26.7 Å². The van der Waals surface area contributed by atoms with E-state index in [0.717, 1.165) is 0 Å². The summed E-state index contributed by atoms with van der Waals surface area (Å²) in [6, 6.07) is 0. The molecule has 0 spiro atoms. The highest BCUT2D eigenvalue weighted by Gasteiger charge is 2.05. The minimum atomic E-state index is 0.0977. The minimum Gasteiger partial charge on any atom is -0.291 e. The molecule has 1 nitrogen and oxygen atoms in total. The molecule has 1 unspecified atom stereocenters. The van der Waals surface area contributed by atoms with Crippen LogP contribution in [0.3, 0.4) is 0 Å². The normalized spacial score (nSPS) is 15.4. The molecule has 0 saturated carbocycles. The molecule has 0 fully saturated rings. The highest BCUT2D eigenvalue weighted by Crippen LogP contribution is 2.09. The standard InChI is InChI=1S/C11H23N/c1-6-7-8-10(2)9-12-11(3,4)5/h9-10H,6-8H2,1-5H3. The number of rotatable bonds is 4. The van der Waals surface area contributed by atoms with Gasteiger partial charge in [0.15, 0.2) is 0 Å². The third-order valence-corrected chi connectivity index (χ3v) is 1.73. The number of aliphatic imine (C=N–C) groups is 1. The molecule has 0 rings (SSSR count). The van der Waals surface area contributed by atoms with Gasteiger partial charge in [-0.2, -0.15) is 0 Å². The summed E-state index contributed by atoms with van der Waals surface area (Å²) in [6.45, 7) is 10.9. The number of unbranched alkanes of at least 4 members (excludes halogenated alkanes) is 1. The molecule has 0 heterocycles. The van der Waals surface area contributed by atoms with Crippen LogP contribution in [-0.4, -0.2) is 11.8 Å². The lowest BCUT2D eigenvalue weighted by Crippen LogP contribution is -2.11. The molecule has 0 aromatic heterocycles. The smallest absolute Gasteiger partial charge is 0.0520 e. The highest BCUT2D eigenvalue weighted by molar-refractivity contribution is 5.60. The van der Waals surface area contributed by atoms with Crippen molar-refractivity contribution < 1.29 is 0 Å². The maximum atomic E-state index is 4.48. The Hall–Kier alpha value is -0.330. The van der Waals surface area contributed by atoms with Crippen molar-refractivity contribution in [2.24, 2.45) is 10.9 Å². The Kier molecular flexibility index (Phi) is 5.19. The van der Waals surface area contributed by atoms with Crippen LogP contribution in [0.15, 0.2) is 4.99 Å². The average Bonchev–Trinajstić information content (AvgIpc) is 1.95. The summed E-state index contributed by atoms with van der Waals surface area (Å²) in [7, 11) is 0. The van der Waals surface area contributed by atoms with Gasteiger partial charge in [0.2, 0.25) is 0 Å². The van der Waals surface area contributed by atoms with Crippen molar-refractivity contribution in [2.75, 3.05) is 0 Å². The molecule has 1 atom stereocenters. The highest BCUT2D eigenvalue weighted by atomic mass is 14.8. The zero-order chi connectivity index (χ0) is 9.61. The number of hydrogen-bond acceptors (Lipinski definition) is 1. The molecule has 0 aromatic carbocycles. The second kappa shape index (κ2) is 5.34. The third-order valence-electron chi connectivity index (χ3n) is 1.73. The lowest BCUT2D eigenvalue weighted by molar-refractivity contribution is 0.570. The topological polar surface area (TPSA) is 12.4 Å². The Bertz CT molecular complexity index is 130. The molecule has 0 bridgehead atoms. The second-order valence-corrected chi connectivity index (χ2v) is 4.57. The molecule has 0 N–H and O–H groups in total. The van der Waals surface area contributed by atoms with Crippen LogP contribution < -0.4 is 0 Å². The molecule has 0 aromatic rings. The maximum Gasteiger partial charge on any atom is 0.0520 e. The van der Waals surface area contributed by atoms with Gasteiger partial charge in [-0.25, -0.2) is 0 Å².